The van der Waals surface area contributed by atoms with Gasteiger partial charge in [-0.15, -0.1) is 11.3 Å². The highest BCUT2D eigenvalue weighted by Gasteiger charge is 2.48. The van der Waals surface area contributed by atoms with E-state index in [-0.39, 0.29) is 18.4 Å². The van der Waals surface area contributed by atoms with Gasteiger partial charge in [0.2, 0.25) is 0 Å². The first-order valence-electron chi connectivity index (χ1n) is 7.30. The van der Waals surface area contributed by atoms with E-state index in [1.807, 2.05) is 27.7 Å². The summed E-state index contributed by atoms with van der Waals surface area (Å²) in [5.41, 5.74) is -0.0683. The van der Waals surface area contributed by atoms with Gasteiger partial charge in [-0.05, 0) is 25.7 Å². The number of carboxylic acid groups (broad SMARTS) is 1. The van der Waals surface area contributed by atoms with Crippen LogP contribution in [0.3, 0.4) is 0 Å². The lowest BCUT2D eigenvalue weighted by molar-refractivity contribution is -0.150. The van der Waals surface area contributed by atoms with Crippen LogP contribution in [-0.2, 0) is 11.2 Å². The number of aromatic nitrogens is 1. The minimum absolute atomic E-state index is 0.00144. The molecule has 21 heavy (non-hydrogen) atoms. The Morgan fingerprint density at radius 1 is 1.48 bits per heavy atom. The molecule has 1 N–H and O–H groups in total. The molecular formula is C15H22N2O3S. The molecule has 0 spiro atoms. The van der Waals surface area contributed by atoms with Gasteiger partial charge in [0.05, 0.1) is 16.1 Å². The quantitative estimate of drug-likeness (QED) is 0.928. The average molecular weight is 310 g/mol. The number of aryl methyl sites for hydroxylation is 2. The zero-order valence-corrected chi connectivity index (χ0v) is 13.8. The van der Waals surface area contributed by atoms with Crippen molar-refractivity contribution in [1.82, 2.24) is 9.88 Å². The Kier molecular flexibility index (Phi) is 4.37. The number of nitrogens with zero attached hydrogens (tertiary/aromatic N) is 2. The fourth-order valence-electron chi connectivity index (χ4n) is 2.84. The molecule has 0 aliphatic carbocycles. The van der Waals surface area contributed by atoms with E-state index in [0.717, 1.165) is 17.1 Å². The molecular weight excluding hydrogens is 288 g/mol. The first kappa shape index (κ1) is 15.9. The van der Waals surface area contributed by atoms with Gasteiger partial charge in [0.1, 0.15) is 4.88 Å². The van der Waals surface area contributed by atoms with E-state index in [1.54, 1.807) is 4.90 Å². The van der Waals surface area contributed by atoms with Crippen molar-refractivity contribution in [3.63, 3.8) is 0 Å². The summed E-state index contributed by atoms with van der Waals surface area (Å²) in [6.45, 7) is 8.46. The molecule has 0 radical (unpaired) electrons. The maximum absolute atomic E-state index is 12.6. The summed E-state index contributed by atoms with van der Waals surface area (Å²) in [6, 6.07) is 0. The molecule has 2 rings (SSSR count). The lowest BCUT2D eigenvalue weighted by Gasteiger charge is -2.28. The summed E-state index contributed by atoms with van der Waals surface area (Å²) < 4.78 is 0. The molecule has 1 aromatic heterocycles. The van der Waals surface area contributed by atoms with Crippen LogP contribution in [0.25, 0.3) is 0 Å². The molecule has 1 aromatic rings. The van der Waals surface area contributed by atoms with E-state index >= 15 is 0 Å². The van der Waals surface area contributed by atoms with Gasteiger partial charge >= 0.3 is 5.97 Å². The van der Waals surface area contributed by atoms with Crippen LogP contribution in [0.1, 0.15) is 47.6 Å². The molecule has 1 aliphatic heterocycles. The predicted octanol–water partition coefficient (Wildman–Crippen LogP) is 2.59. The standard InChI is InChI=1S/C15H22N2O3S/c1-5-11-16-10(4)12(21-11)13(18)17-7-6-15(8-17,9(2)3)14(19)20/h9H,5-8H2,1-4H3,(H,19,20). The Balaban J connectivity index is 2.22. The first-order chi connectivity index (χ1) is 9.81. The van der Waals surface area contributed by atoms with Gasteiger partial charge < -0.3 is 10.0 Å². The Morgan fingerprint density at radius 2 is 2.14 bits per heavy atom. The highest BCUT2D eigenvalue weighted by molar-refractivity contribution is 7.13. The van der Waals surface area contributed by atoms with Crippen LogP contribution in [0.2, 0.25) is 0 Å². The number of rotatable bonds is 4. The summed E-state index contributed by atoms with van der Waals surface area (Å²) >= 11 is 1.42. The van der Waals surface area contributed by atoms with Crippen molar-refractivity contribution < 1.29 is 14.7 Å². The fraction of sp³-hybridized carbons (Fsp3) is 0.667. The first-order valence-corrected chi connectivity index (χ1v) is 8.12. The summed E-state index contributed by atoms with van der Waals surface area (Å²) in [5.74, 6) is -0.877. The van der Waals surface area contributed by atoms with E-state index in [0.29, 0.717) is 17.8 Å². The van der Waals surface area contributed by atoms with E-state index in [9.17, 15) is 14.7 Å². The summed E-state index contributed by atoms with van der Waals surface area (Å²) in [4.78, 5) is 31.0. The molecule has 6 heteroatoms. The lowest BCUT2D eigenvalue weighted by Crippen LogP contribution is -2.40. The minimum atomic E-state index is -0.818. The molecule has 2 heterocycles. The maximum Gasteiger partial charge on any atom is 0.311 e. The number of hydrogen-bond donors (Lipinski definition) is 1. The summed E-state index contributed by atoms with van der Waals surface area (Å²) in [5, 5.41) is 10.5. The van der Waals surface area contributed by atoms with Gasteiger partial charge in [0.25, 0.3) is 5.91 Å². The molecule has 116 valence electrons. The Hall–Kier alpha value is -1.43. The van der Waals surface area contributed by atoms with Crippen LogP contribution in [0.15, 0.2) is 0 Å². The van der Waals surface area contributed by atoms with E-state index < -0.39 is 11.4 Å². The van der Waals surface area contributed by atoms with Crippen LogP contribution < -0.4 is 0 Å². The molecule has 5 nitrogen and oxygen atoms in total. The van der Waals surface area contributed by atoms with Gasteiger partial charge in [-0.25, -0.2) is 4.98 Å². The molecule has 1 unspecified atom stereocenters. The van der Waals surface area contributed by atoms with E-state index in [1.165, 1.54) is 11.3 Å². The van der Waals surface area contributed by atoms with Crippen LogP contribution in [0.4, 0.5) is 0 Å². The Bertz CT molecular complexity index is 567. The third-order valence-electron chi connectivity index (χ3n) is 4.46. The van der Waals surface area contributed by atoms with Gasteiger partial charge in [0, 0.05) is 13.1 Å². The predicted molar refractivity (Wildman–Crippen MR) is 81.7 cm³/mol. The molecule has 0 aromatic carbocycles. The SMILES string of the molecule is CCc1nc(C)c(C(=O)N2CCC(C(=O)O)(C(C)C)C2)s1. The number of carbonyl (C=O) groups is 2. The van der Waals surface area contributed by atoms with Crippen LogP contribution >= 0.6 is 11.3 Å². The van der Waals surface area contributed by atoms with Crippen molar-refractivity contribution in [2.45, 2.75) is 40.5 Å². The third-order valence-corrected chi connectivity index (χ3v) is 5.75. The molecule has 1 amide bonds. The second-order valence-electron chi connectivity index (χ2n) is 5.97. The highest BCUT2D eigenvalue weighted by Crippen LogP contribution is 2.39. The third kappa shape index (κ3) is 2.69. The fourth-order valence-corrected chi connectivity index (χ4v) is 3.82. The molecule has 1 fully saturated rings. The van der Waals surface area contributed by atoms with Gasteiger partial charge in [-0.2, -0.15) is 0 Å². The second-order valence-corrected chi connectivity index (χ2v) is 7.05. The zero-order valence-electron chi connectivity index (χ0n) is 13.0. The van der Waals surface area contributed by atoms with Crippen molar-refractivity contribution in [2.24, 2.45) is 11.3 Å². The van der Waals surface area contributed by atoms with Crippen molar-refractivity contribution in [3.8, 4) is 0 Å². The minimum Gasteiger partial charge on any atom is -0.481 e. The smallest absolute Gasteiger partial charge is 0.311 e. The largest absolute Gasteiger partial charge is 0.481 e. The number of likely N-dealkylation sites (tertiary alicyclic amines) is 1. The molecule has 0 saturated carbocycles. The Labute approximate surface area is 129 Å². The number of amides is 1. The van der Waals surface area contributed by atoms with E-state index in [4.69, 9.17) is 0 Å². The van der Waals surface area contributed by atoms with Crippen molar-refractivity contribution in [1.29, 1.82) is 0 Å². The molecule has 1 aliphatic rings. The zero-order chi connectivity index (χ0) is 15.8. The molecule has 1 atom stereocenters. The highest BCUT2D eigenvalue weighted by atomic mass is 32.1. The monoisotopic (exact) mass is 310 g/mol. The number of carboxylic acids is 1. The molecule has 1 saturated heterocycles. The van der Waals surface area contributed by atoms with Crippen molar-refractivity contribution >= 4 is 23.2 Å². The maximum atomic E-state index is 12.6. The number of hydrogen-bond acceptors (Lipinski definition) is 4. The molecule has 0 bridgehead atoms. The van der Waals surface area contributed by atoms with E-state index in [2.05, 4.69) is 4.98 Å². The van der Waals surface area contributed by atoms with Gasteiger partial charge in [-0.1, -0.05) is 20.8 Å². The Morgan fingerprint density at radius 3 is 2.57 bits per heavy atom. The van der Waals surface area contributed by atoms with Crippen LogP contribution in [0, 0.1) is 18.3 Å². The summed E-state index contributed by atoms with van der Waals surface area (Å²) in [7, 11) is 0. The van der Waals surface area contributed by atoms with Crippen LogP contribution in [-0.4, -0.2) is 40.0 Å². The topological polar surface area (TPSA) is 70.5 Å². The summed E-state index contributed by atoms with van der Waals surface area (Å²) in [6.07, 6.45) is 1.33. The number of thiazole rings is 1. The average Bonchev–Trinajstić information content (AvgIpc) is 3.02. The van der Waals surface area contributed by atoms with Crippen LogP contribution in [0.5, 0.6) is 0 Å². The normalized spacial score (nSPS) is 22.0. The number of carbonyl (C=O) groups excluding carboxylic acids is 1. The number of aliphatic carboxylic acids is 1. The van der Waals surface area contributed by atoms with Crippen molar-refractivity contribution in [3.05, 3.63) is 15.6 Å². The second kappa shape index (κ2) is 5.75. The lowest BCUT2D eigenvalue weighted by atomic mass is 9.76. The van der Waals surface area contributed by atoms with Gasteiger partial charge in [-0.3, -0.25) is 9.59 Å². The van der Waals surface area contributed by atoms with Gasteiger partial charge in [0.15, 0.2) is 0 Å². The van der Waals surface area contributed by atoms with Crippen molar-refractivity contribution in [2.75, 3.05) is 13.1 Å².